The predicted octanol–water partition coefficient (Wildman–Crippen LogP) is 3.27. The molecule has 0 fully saturated rings. The molecule has 1 heterocycles. The molecule has 2 rings (SSSR count). The fourth-order valence-corrected chi connectivity index (χ4v) is 2.72. The van der Waals surface area contributed by atoms with Gasteiger partial charge in [-0.2, -0.15) is 0 Å². The van der Waals surface area contributed by atoms with E-state index < -0.39 is 11.9 Å². The molecule has 2 aromatic rings. The van der Waals surface area contributed by atoms with Gasteiger partial charge < -0.3 is 10.4 Å². The number of nitrogens with one attached hydrogen (secondary N) is 1. The number of benzene rings is 1. The molecule has 0 spiro atoms. The van der Waals surface area contributed by atoms with Crippen LogP contribution in [0.25, 0.3) is 0 Å². The van der Waals surface area contributed by atoms with Crippen molar-refractivity contribution in [1.82, 2.24) is 5.32 Å². The zero-order valence-electron chi connectivity index (χ0n) is 10.7. The van der Waals surface area contributed by atoms with E-state index in [0.717, 1.165) is 5.56 Å². The predicted molar refractivity (Wildman–Crippen MR) is 77.6 cm³/mol. The van der Waals surface area contributed by atoms with E-state index in [1.165, 1.54) is 4.88 Å². The summed E-state index contributed by atoms with van der Waals surface area (Å²) < 4.78 is 0. The lowest BCUT2D eigenvalue weighted by Crippen LogP contribution is -2.28. The van der Waals surface area contributed by atoms with Crippen molar-refractivity contribution in [1.29, 1.82) is 0 Å². The number of carboxylic acids is 1. The van der Waals surface area contributed by atoms with Crippen molar-refractivity contribution in [3.8, 4) is 0 Å². The molecule has 2 atom stereocenters. The Balaban J connectivity index is 2.01. The summed E-state index contributed by atoms with van der Waals surface area (Å²) in [6.45, 7) is 2.48. The van der Waals surface area contributed by atoms with Crippen LogP contribution in [0.2, 0.25) is 0 Å². The molecule has 0 aliphatic rings. The summed E-state index contributed by atoms with van der Waals surface area (Å²) in [7, 11) is 0. The van der Waals surface area contributed by atoms with E-state index in [1.54, 1.807) is 11.3 Å². The molecule has 2 N–H and O–H groups in total. The van der Waals surface area contributed by atoms with E-state index in [1.807, 2.05) is 41.8 Å². The van der Waals surface area contributed by atoms with Crippen molar-refractivity contribution in [3.63, 3.8) is 0 Å². The van der Waals surface area contributed by atoms with Crippen LogP contribution in [0.3, 0.4) is 0 Å². The van der Waals surface area contributed by atoms with Gasteiger partial charge in [0.15, 0.2) is 0 Å². The third kappa shape index (κ3) is 3.66. The molecule has 4 heteroatoms. The van der Waals surface area contributed by atoms with Gasteiger partial charge in [-0.3, -0.25) is 4.79 Å². The lowest BCUT2D eigenvalue weighted by atomic mass is 9.99. The Bertz CT molecular complexity index is 510. The highest BCUT2D eigenvalue weighted by atomic mass is 32.1. The minimum Gasteiger partial charge on any atom is -0.481 e. The quantitative estimate of drug-likeness (QED) is 0.850. The minimum absolute atomic E-state index is 0.172. The van der Waals surface area contributed by atoms with Crippen LogP contribution in [0.5, 0.6) is 0 Å². The van der Waals surface area contributed by atoms with Gasteiger partial charge in [-0.05, 0) is 23.9 Å². The second kappa shape index (κ2) is 6.50. The number of carboxylic acid groups (broad SMARTS) is 1. The fraction of sp³-hybridized carbons (Fsp3) is 0.267. The SMILES string of the molecule is C[C@H](NCC(C(=O)O)c1ccccc1)c1cccs1. The molecule has 0 bridgehead atoms. The number of hydrogen-bond donors (Lipinski definition) is 2. The lowest BCUT2D eigenvalue weighted by Gasteiger charge is -2.17. The third-order valence-corrected chi connectivity index (χ3v) is 4.15. The molecule has 100 valence electrons. The first-order chi connectivity index (χ1) is 9.18. The average Bonchev–Trinajstić information content (AvgIpc) is 2.93. The number of thiophene rings is 1. The third-order valence-electron chi connectivity index (χ3n) is 3.10. The van der Waals surface area contributed by atoms with Crippen molar-refractivity contribution >= 4 is 17.3 Å². The maximum Gasteiger partial charge on any atom is 0.312 e. The standard InChI is InChI=1S/C15H17NO2S/c1-11(14-8-5-9-19-14)16-10-13(15(17)18)12-6-3-2-4-7-12/h2-9,11,13,16H,10H2,1H3,(H,17,18)/t11-,13?/m0/s1. The van der Waals surface area contributed by atoms with Gasteiger partial charge in [0.25, 0.3) is 0 Å². The second-order valence-corrected chi connectivity index (χ2v) is 5.43. The largest absolute Gasteiger partial charge is 0.481 e. The lowest BCUT2D eigenvalue weighted by molar-refractivity contribution is -0.138. The molecule has 0 aliphatic heterocycles. The number of rotatable bonds is 6. The summed E-state index contributed by atoms with van der Waals surface area (Å²) in [5, 5.41) is 14.7. The van der Waals surface area contributed by atoms with Crippen LogP contribution in [0.1, 0.15) is 29.3 Å². The van der Waals surface area contributed by atoms with Gasteiger partial charge in [-0.25, -0.2) is 0 Å². The van der Waals surface area contributed by atoms with Gasteiger partial charge in [-0.15, -0.1) is 11.3 Å². The van der Waals surface area contributed by atoms with Gasteiger partial charge >= 0.3 is 5.97 Å². The molecule has 1 aromatic carbocycles. The molecule has 0 saturated carbocycles. The Hall–Kier alpha value is -1.65. The summed E-state index contributed by atoms with van der Waals surface area (Å²) in [4.78, 5) is 12.6. The summed E-state index contributed by atoms with van der Waals surface area (Å²) in [6.07, 6.45) is 0. The van der Waals surface area contributed by atoms with Crippen LogP contribution < -0.4 is 5.32 Å². The molecule has 0 aliphatic carbocycles. The topological polar surface area (TPSA) is 49.3 Å². The first kappa shape index (κ1) is 13.8. The van der Waals surface area contributed by atoms with E-state index in [0.29, 0.717) is 6.54 Å². The van der Waals surface area contributed by atoms with Crippen molar-refractivity contribution in [2.24, 2.45) is 0 Å². The number of aliphatic carboxylic acids is 1. The summed E-state index contributed by atoms with van der Waals surface area (Å²) in [6, 6.07) is 13.6. The first-order valence-corrected chi connectivity index (χ1v) is 7.11. The van der Waals surface area contributed by atoms with Crippen LogP contribution in [0, 0.1) is 0 Å². The van der Waals surface area contributed by atoms with Crippen molar-refractivity contribution in [2.45, 2.75) is 18.9 Å². The average molecular weight is 275 g/mol. The Morgan fingerprint density at radius 2 is 2.00 bits per heavy atom. The molecular weight excluding hydrogens is 258 g/mol. The molecule has 3 nitrogen and oxygen atoms in total. The van der Waals surface area contributed by atoms with Gasteiger partial charge in [0.2, 0.25) is 0 Å². The first-order valence-electron chi connectivity index (χ1n) is 6.23. The van der Waals surface area contributed by atoms with Crippen LogP contribution in [-0.4, -0.2) is 17.6 Å². The Labute approximate surface area is 116 Å². The maximum absolute atomic E-state index is 11.4. The van der Waals surface area contributed by atoms with Gasteiger partial charge in [-0.1, -0.05) is 36.4 Å². The fourth-order valence-electron chi connectivity index (χ4n) is 1.97. The highest BCUT2D eigenvalue weighted by molar-refractivity contribution is 7.10. The molecule has 0 amide bonds. The zero-order chi connectivity index (χ0) is 13.7. The van der Waals surface area contributed by atoms with E-state index >= 15 is 0 Å². The van der Waals surface area contributed by atoms with E-state index in [9.17, 15) is 9.90 Å². The van der Waals surface area contributed by atoms with Crippen LogP contribution in [-0.2, 0) is 4.79 Å². The second-order valence-electron chi connectivity index (χ2n) is 4.45. The molecule has 1 unspecified atom stereocenters. The molecular formula is C15H17NO2S. The zero-order valence-corrected chi connectivity index (χ0v) is 11.6. The number of carbonyl (C=O) groups is 1. The van der Waals surface area contributed by atoms with E-state index in [2.05, 4.69) is 18.3 Å². The van der Waals surface area contributed by atoms with Crippen molar-refractivity contribution < 1.29 is 9.90 Å². The van der Waals surface area contributed by atoms with Gasteiger partial charge in [0.1, 0.15) is 0 Å². The smallest absolute Gasteiger partial charge is 0.312 e. The highest BCUT2D eigenvalue weighted by Gasteiger charge is 2.20. The van der Waals surface area contributed by atoms with Crippen LogP contribution >= 0.6 is 11.3 Å². The van der Waals surface area contributed by atoms with E-state index in [-0.39, 0.29) is 6.04 Å². The van der Waals surface area contributed by atoms with Crippen LogP contribution in [0.4, 0.5) is 0 Å². The van der Waals surface area contributed by atoms with Gasteiger partial charge in [0.05, 0.1) is 5.92 Å². The van der Waals surface area contributed by atoms with Crippen LogP contribution in [0.15, 0.2) is 47.8 Å². The summed E-state index contributed by atoms with van der Waals surface area (Å²) in [5.74, 6) is -1.30. The summed E-state index contributed by atoms with van der Waals surface area (Å²) in [5.41, 5.74) is 0.834. The highest BCUT2D eigenvalue weighted by Crippen LogP contribution is 2.20. The minimum atomic E-state index is -0.794. The number of hydrogen-bond acceptors (Lipinski definition) is 3. The van der Waals surface area contributed by atoms with Crippen molar-refractivity contribution in [2.75, 3.05) is 6.54 Å². The molecule has 19 heavy (non-hydrogen) atoms. The summed E-state index contributed by atoms with van der Waals surface area (Å²) >= 11 is 1.68. The Kier molecular flexibility index (Phi) is 4.71. The molecule has 0 radical (unpaired) electrons. The normalized spacial score (nSPS) is 13.9. The Morgan fingerprint density at radius 1 is 1.26 bits per heavy atom. The molecule has 1 aromatic heterocycles. The Morgan fingerprint density at radius 3 is 2.58 bits per heavy atom. The maximum atomic E-state index is 11.4. The van der Waals surface area contributed by atoms with E-state index in [4.69, 9.17) is 0 Å². The molecule has 0 saturated heterocycles. The monoisotopic (exact) mass is 275 g/mol. The van der Waals surface area contributed by atoms with Gasteiger partial charge in [0, 0.05) is 17.5 Å². The van der Waals surface area contributed by atoms with Crippen molar-refractivity contribution in [3.05, 3.63) is 58.3 Å².